The summed E-state index contributed by atoms with van der Waals surface area (Å²) in [4.78, 5) is 10.9. The zero-order valence-electron chi connectivity index (χ0n) is 7.85. The van der Waals surface area contributed by atoms with Crippen LogP contribution in [0, 0.1) is 5.82 Å². The summed E-state index contributed by atoms with van der Waals surface area (Å²) < 4.78 is 17.7. The highest BCUT2D eigenvalue weighted by molar-refractivity contribution is 7.80. The first-order valence-electron chi connectivity index (χ1n) is 4.27. The maximum atomic E-state index is 13.0. The van der Waals surface area contributed by atoms with Crippen LogP contribution in [-0.2, 0) is 0 Å². The Morgan fingerprint density at radius 3 is 2.75 bits per heavy atom. The first-order valence-corrected chi connectivity index (χ1v) is 4.71. The molecule has 2 rings (SSSR count). The quantitative estimate of drug-likeness (QED) is 0.790. The standard InChI is InChI=1S/C10H6FNO3S/c11-5-1-2-6(10(13)14)7(3-5)8-4-9(16)15-12-8/h1-4,16H,(H,13,14). The molecule has 16 heavy (non-hydrogen) atoms. The molecule has 0 radical (unpaired) electrons. The van der Waals surface area contributed by atoms with Gasteiger partial charge in [-0.25, -0.2) is 9.18 Å². The first kappa shape index (κ1) is 10.7. The number of carboxylic acids is 1. The van der Waals surface area contributed by atoms with Crippen LogP contribution in [0.5, 0.6) is 0 Å². The molecule has 82 valence electrons. The first-order chi connectivity index (χ1) is 7.58. The Kier molecular flexibility index (Phi) is 2.66. The van der Waals surface area contributed by atoms with Gasteiger partial charge in [0.2, 0.25) is 0 Å². The minimum atomic E-state index is -1.15. The van der Waals surface area contributed by atoms with Crippen LogP contribution >= 0.6 is 12.6 Å². The van der Waals surface area contributed by atoms with E-state index in [1.807, 2.05) is 0 Å². The van der Waals surface area contributed by atoms with Crippen LogP contribution in [0.1, 0.15) is 10.4 Å². The third kappa shape index (κ3) is 1.92. The van der Waals surface area contributed by atoms with E-state index in [1.165, 1.54) is 12.1 Å². The molecular formula is C10H6FNO3S. The number of carbonyl (C=O) groups is 1. The molecule has 6 heteroatoms. The second-order valence-corrected chi connectivity index (χ2v) is 3.49. The largest absolute Gasteiger partial charge is 0.478 e. The summed E-state index contributed by atoms with van der Waals surface area (Å²) >= 11 is 3.90. The molecule has 0 aliphatic heterocycles. The lowest BCUT2D eigenvalue weighted by Crippen LogP contribution is -2.00. The number of carboxylic acid groups (broad SMARTS) is 1. The smallest absolute Gasteiger partial charge is 0.336 e. The minimum Gasteiger partial charge on any atom is -0.478 e. The summed E-state index contributed by atoms with van der Waals surface area (Å²) in [6, 6.07) is 4.77. The predicted molar refractivity (Wildman–Crippen MR) is 56.1 cm³/mol. The molecule has 1 aromatic heterocycles. The fourth-order valence-electron chi connectivity index (χ4n) is 1.31. The number of aromatic nitrogens is 1. The molecule has 0 amide bonds. The summed E-state index contributed by atoms with van der Waals surface area (Å²) in [5.74, 6) is -1.69. The van der Waals surface area contributed by atoms with Crippen molar-refractivity contribution in [1.29, 1.82) is 0 Å². The number of benzene rings is 1. The average molecular weight is 239 g/mol. The van der Waals surface area contributed by atoms with Gasteiger partial charge in [-0.05, 0) is 18.2 Å². The Labute approximate surface area is 95.1 Å². The van der Waals surface area contributed by atoms with Gasteiger partial charge in [0.1, 0.15) is 11.5 Å². The SMILES string of the molecule is O=C(O)c1ccc(F)cc1-c1cc(S)on1. The monoisotopic (exact) mass is 239 g/mol. The topological polar surface area (TPSA) is 63.3 Å². The fraction of sp³-hybridized carbons (Fsp3) is 0. The van der Waals surface area contributed by atoms with Crippen LogP contribution in [-0.4, -0.2) is 16.2 Å². The summed E-state index contributed by atoms with van der Waals surface area (Å²) in [5.41, 5.74) is 0.362. The average Bonchev–Trinajstić information content (AvgIpc) is 2.64. The van der Waals surface area contributed by atoms with Gasteiger partial charge < -0.3 is 9.63 Å². The molecule has 1 heterocycles. The van der Waals surface area contributed by atoms with E-state index in [0.29, 0.717) is 0 Å². The molecule has 1 N–H and O–H groups in total. The lowest BCUT2D eigenvalue weighted by Gasteiger charge is -2.01. The molecule has 4 nitrogen and oxygen atoms in total. The van der Waals surface area contributed by atoms with E-state index in [2.05, 4.69) is 17.8 Å². The van der Waals surface area contributed by atoms with Crippen LogP contribution in [0.4, 0.5) is 4.39 Å². The number of aromatic carboxylic acids is 1. The highest BCUT2D eigenvalue weighted by Gasteiger charge is 2.15. The number of nitrogens with zero attached hydrogens (tertiary/aromatic N) is 1. The molecule has 0 saturated carbocycles. The predicted octanol–water partition coefficient (Wildman–Crippen LogP) is 2.47. The van der Waals surface area contributed by atoms with E-state index < -0.39 is 11.8 Å². The Morgan fingerprint density at radius 2 is 2.19 bits per heavy atom. The fourth-order valence-corrected chi connectivity index (χ4v) is 1.47. The van der Waals surface area contributed by atoms with Crippen LogP contribution in [0.15, 0.2) is 33.9 Å². The minimum absolute atomic E-state index is 0.0389. The van der Waals surface area contributed by atoms with Gasteiger partial charge in [-0.1, -0.05) is 5.16 Å². The molecule has 0 bridgehead atoms. The van der Waals surface area contributed by atoms with E-state index >= 15 is 0 Å². The Morgan fingerprint density at radius 1 is 1.44 bits per heavy atom. The Balaban J connectivity index is 2.62. The molecule has 0 aliphatic rings. The van der Waals surface area contributed by atoms with Crippen molar-refractivity contribution in [3.8, 4) is 11.3 Å². The number of hydrogen-bond acceptors (Lipinski definition) is 4. The van der Waals surface area contributed by atoms with Crippen LogP contribution in [0.3, 0.4) is 0 Å². The molecule has 0 aliphatic carbocycles. The summed E-state index contributed by atoms with van der Waals surface area (Å²) in [5, 5.41) is 12.7. The second kappa shape index (κ2) is 3.97. The summed E-state index contributed by atoms with van der Waals surface area (Å²) in [7, 11) is 0. The van der Waals surface area contributed by atoms with Crippen LogP contribution < -0.4 is 0 Å². The van der Waals surface area contributed by atoms with Crippen molar-refractivity contribution in [1.82, 2.24) is 5.16 Å². The van der Waals surface area contributed by atoms with Crippen molar-refractivity contribution in [3.05, 3.63) is 35.6 Å². The molecule has 0 atom stereocenters. The van der Waals surface area contributed by atoms with Gasteiger partial charge in [0.05, 0.1) is 5.56 Å². The second-order valence-electron chi connectivity index (χ2n) is 3.05. The van der Waals surface area contributed by atoms with Crippen molar-refractivity contribution in [2.45, 2.75) is 5.09 Å². The number of rotatable bonds is 2. The number of thiol groups is 1. The molecular weight excluding hydrogens is 233 g/mol. The van der Waals surface area contributed by atoms with Crippen molar-refractivity contribution < 1.29 is 18.8 Å². The molecule has 1 aromatic carbocycles. The van der Waals surface area contributed by atoms with Crippen molar-refractivity contribution in [2.75, 3.05) is 0 Å². The van der Waals surface area contributed by atoms with E-state index in [4.69, 9.17) is 9.63 Å². The van der Waals surface area contributed by atoms with Gasteiger partial charge in [-0.3, -0.25) is 0 Å². The van der Waals surface area contributed by atoms with E-state index in [-0.39, 0.29) is 21.9 Å². The van der Waals surface area contributed by atoms with Gasteiger partial charge in [0, 0.05) is 11.6 Å². The number of halogens is 1. The molecule has 0 spiro atoms. The maximum Gasteiger partial charge on any atom is 0.336 e. The van der Waals surface area contributed by atoms with Crippen LogP contribution in [0.2, 0.25) is 0 Å². The van der Waals surface area contributed by atoms with Gasteiger partial charge >= 0.3 is 5.97 Å². The molecule has 0 unspecified atom stereocenters. The Bertz CT molecular complexity index is 553. The zero-order valence-corrected chi connectivity index (χ0v) is 8.74. The molecule has 2 aromatic rings. The van der Waals surface area contributed by atoms with Crippen molar-refractivity contribution in [2.24, 2.45) is 0 Å². The summed E-state index contributed by atoms with van der Waals surface area (Å²) in [6.07, 6.45) is 0. The highest BCUT2D eigenvalue weighted by atomic mass is 32.1. The lowest BCUT2D eigenvalue weighted by molar-refractivity contribution is 0.0697. The van der Waals surface area contributed by atoms with Gasteiger partial charge in [-0.15, -0.1) is 12.6 Å². The van der Waals surface area contributed by atoms with E-state index in [9.17, 15) is 9.18 Å². The van der Waals surface area contributed by atoms with E-state index in [1.54, 1.807) is 0 Å². The molecule has 0 saturated heterocycles. The summed E-state index contributed by atoms with van der Waals surface area (Å²) in [6.45, 7) is 0. The third-order valence-electron chi connectivity index (χ3n) is 1.99. The van der Waals surface area contributed by atoms with Crippen LogP contribution in [0.25, 0.3) is 11.3 Å². The maximum absolute atomic E-state index is 13.0. The Hall–Kier alpha value is -1.82. The van der Waals surface area contributed by atoms with Gasteiger partial charge in [-0.2, -0.15) is 0 Å². The highest BCUT2D eigenvalue weighted by Crippen LogP contribution is 2.25. The zero-order chi connectivity index (χ0) is 11.7. The molecule has 0 fully saturated rings. The van der Waals surface area contributed by atoms with Gasteiger partial charge in [0.25, 0.3) is 0 Å². The van der Waals surface area contributed by atoms with Crippen molar-refractivity contribution >= 4 is 18.6 Å². The van der Waals surface area contributed by atoms with E-state index in [0.717, 1.165) is 12.1 Å². The third-order valence-corrected chi connectivity index (χ3v) is 2.20. The normalized spacial score (nSPS) is 10.4. The van der Waals surface area contributed by atoms with Crippen molar-refractivity contribution in [3.63, 3.8) is 0 Å². The number of hydrogen-bond donors (Lipinski definition) is 2. The lowest BCUT2D eigenvalue weighted by atomic mass is 10.0. The van der Waals surface area contributed by atoms with Gasteiger partial charge in [0.15, 0.2) is 5.09 Å².